The zero-order valence-corrected chi connectivity index (χ0v) is 10.4. The van der Waals surface area contributed by atoms with Crippen LogP contribution in [0.4, 0.5) is 0 Å². The second kappa shape index (κ2) is 7.04. The van der Waals surface area contributed by atoms with E-state index < -0.39 is 0 Å². The number of hydrogen-bond acceptors (Lipinski definition) is 3. The van der Waals surface area contributed by atoms with Crippen molar-refractivity contribution in [2.24, 2.45) is 0 Å². The fourth-order valence-electron chi connectivity index (χ4n) is 1.65. The first kappa shape index (κ1) is 13.7. The van der Waals surface area contributed by atoms with E-state index in [1.807, 2.05) is 24.3 Å². The second-order valence-corrected chi connectivity index (χ2v) is 3.87. The molecule has 4 nitrogen and oxygen atoms in total. The van der Waals surface area contributed by atoms with Crippen LogP contribution in [0.25, 0.3) is 0 Å². The number of carbonyl (C=O) groups excluding carboxylic acids is 1. The summed E-state index contributed by atoms with van der Waals surface area (Å²) >= 11 is 0. The molecule has 0 spiro atoms. The summed E-state index contributed by atoms with van der Waals surface area (Å²) in [6.45, 7) is 4.61. The monoisotopic (exact) mass is 236 g/mol. The highest BCUT2D eigenvalue weighted by Crippen LogP contribution is 2.07. The van der Waals surface area contributed by atoms with Gasteiger partial charge in [-0.25, -0.2) is 0 Å². The molecule has 0 aliphatic carbocycles. The molecule has 0 bridgehead atoms. The lowest BCUT2D eigenvalue weighted by Gasteiger charge is -2.19. The fourth-order valence-corrected chi connectivity index (χ4v) is 1.65. The van der Waals surface area contributed by atoms with Crippen molar-refractivity contribution < 1.29 is 9.90 Å². The molecule has 1 aromatic carbocycles. The van der Waals surface area contributed by atoms with Crippen LogP contribution in [0, 0.1) is 0 Å². The summed E-state index contributed by atoms with van der Waals surface area (Å²) in [6, 6.07) is 7.54. The van der Waals surface area contributed by atoms with Gasteiger partial charge in [0.15, 0.2) is 0 Å². The SMILES string of the molecule is CCN(CCO)Cc1ccc(C(=O)NC)cc1. The third kappa shape index (κ3) is 4.17. The number of benzene rings is 1. The van der Waals surface area contributed by atoms with E-state index in [2.05, 4.69) is 17.1 Å². The van der Waals surface area contributed by atoms with Crippen molar-refractivity contribution in [2.75, 3.05) is 26.7 Å². The van der Waals surface area contributed by atoms with E-state index in [4.69, 9.17) is 5.11 Å². The standard InChI is InChI=1S/C13H20N2O2/c1-3-15(8-9-16)10-11-4-6-12(7-5-11)13(17)14-2/h4-7,16H,3,8-10H2,1-2H3,(H,14,17). The van der Waals surface area contributed by atoms with Crippen molar-refractivity contribution in [2.45, 2.75) is 13.5 Å². The average Bonchev–Trinajstić information content (AvgIpc) is 2.38. The molecule has 1 amide bonds. The highest BCUT2D eigenvalue weighted by molar-refractivity contribution is 5.93. The van der Waals surface area contributed by atoms with Crippen molar-refractivity contribution in [1.29, 1.82) is 0 Å². The van der Waals surface area contributed by atoms with Gasteiger partial charge in [0.25, 0.3) is 5.91 Å². The lowest BCUT2D eigenvalue weighted by Crippen LogP contribution is -2.26. The van der Waals surface area contributed by atoms with Crippen LogP contribution in [0.1, 0.15) is 22.8 Å². The molecule has 0 aliphatic rings. The third-order valence-corrected chi connectivity index (χ3v) is 2.71. The molecule has 94 valence electrons. The Morgan fingerprint density at radius 1 is 1.35 bits per heavy atom. The normalized spacial score (nSPS) is 10.6. The van der Waals surface area contributed by atoms with E-state index in [1.54, 1.807) is 7.05 Å². The molecular weight excluding hydrogens is 216 g/mol. The number of nitrogens with zero attached hydrogens (tertiary/aromatic N) is 1. The quantitative estimate of drug-likeness (QED) is 0.770. The van der Waals surface area contributed by atoms with Crippen LogP contribution in [0.15, 0.2) is 24.3 Å². The van der Waals surface area contributed by atoms with Crippen LogP contribution in [-0.4, -0.2) is 42.7 Å². The van der Waals surface area contributed by atoms with Crippen molar-refractivity contribution in [1.82, 2.24) is 10.2 Å². The lowest BCUT2D eigenvalue weighted by molar-refractivity contribution is 0.0963. The van der Waals surface area contributed by atoms with Gasteiger partial charge >= 0.3 is 0 Å². The maximum Gasteiger partial charge on any atom is 0.251 e. The van der Waals surface area contributed by atoms with E-state index in [-0.39, 0.29) is 12.5 Å². The van der Waals surface area contributed by atoms with Gasteiger partial charge in [0.1, 0.15) is 0 Å². The molecule has 4 heteroatoms. The van der Waals surface area contributed by atoms with Crippen LogP contribution in [0.2, 0.25) is 0 Å². The van der Waals surface area contributed by atoms with Crippen molar-refractivity contribution in [3.63, 3.8) is 0 Å². The molecule has 0 aliphatic heterocycles. The maximum absolute atomic E-state index is 11.4. The predicted molar refractivity (Wildman–Crippen MR) is 67.9 cm³/mol. The molecule has 0 atom stereocenters. The Labute approximate surface area is 102 Å². The van der Waals surface area contributed by atoms with Crippen LogP contribution < -0.4 is 5.32 Å². The zero-order valence-electron chi connectivity index (χ0n) is 10.4. The largest absolute Gasteiger partial charge is 0.395 e. The zero-order chi connectivity index (χ0) is 12.7. The van der Waals surface area contributed by atoms with Gasteiger partial charge in [-0.1, -0.05) is 19.1 Å². The third-order valence-electron chi connectivity index (χ3n) is 2.71. The first-order valence-corrected chi connectivity index (χ1v) is 5.85. The highest BCUT2D eigenvalue weighted by Gasteiger charge is 2.05. The van der Waals surface area contributed by atoms with Gasteiger partial charge in [-0.05, 0) is 24.2 Å². The molecule has 0 fully saturated rings. The van der Waals surface area contributed by atoms with E-state index in [0.29, 0.717) is 12.1 Å². The van der Waals surface area contributed by atoms with E-state index in [0.717, 1.165) is 18.7 Å². The Morgan fingerprint density at radius 3 is 2.47 bits per heavy atom. The van der Waals surface area contributed by atoms with Crippen molar-refractivity contribution in [3.05, 3.63) is 35.4 Å². The van der Waals surface area contributed by atoms with E-state index >= 15 is 0 Å². The van der Waals surface area contributed by atoms with E-state index in [9.17, 15) is 4.79 Å². The topological polar surface area (TPSA) is 52.6 Å². The molecular formula is C13H20N2O2. The first-order chi connectivity index (χ1) is 8.21. The van der Waals surface area contributed by atoms with E-state index in [1.165, 1.54) is 0 Å². The van der Waals surface area contributed by atoms with Gasteiger partial charge in [0, 0.05) is 25.7 Å². The van der Waals surface area contributed by atoms with Crippen molar-refractivity contribution in [3.8, 4) is 0 Å². The fraction of sp³-hybridized carbons (Fsp3) is 0.462. The number of nitrogens with one attached hydrogen (secondary N) is 1. The Morgan fingerprint density at radius 2 is 2.00 bits per heavy atom. The van der Waals surface area contributed by atoms with Gasteiger partial charge < -0.3 is 10.4 Å². The van der Waals surface area contributed by atoms with Gasteiger partial charge in [0.2, 0.25) is 0 Å². The molecule has 0 radical (unpaired) electrons. The lowest BCUT2D eigenvalue weighted by atomic mass is 10.1. The smallest absolute Gasteiger partial charge is 0.251 e. The first-order valence-electron chi connectivity index (χ1n) is 5.85. The molecule has 0 heterocycles. The van der Waals surface area contributed by atoms with Crippen LogP contribution >= 0.6 is 0 Å². The number of likely N-dealkylation sites (N-methyl/N-ethyl adjacent to an activating group) is 1. The molecule has 0 saturated carbocycles. The van der Waals surface area contributed by atoms with Crippen LogP contribution in [-0.2, 0) is 6.54 Å². The molecule has 1 rings (SSSR count). The maximum atomic E-state index is 11.4. The van der Waals surface area contributed by atoms with Crippen LogP contribution in [0.5, 0.6) is 0 Å². The molecule has 0 aromatic heterocycles. The number of amides is 1. The molecule has 17 heavy (non-hydrogen) atoms. The molecule has 0 saturated heterocycles. The molecule has 2 N–H and O–H groups in total. The summed E-state index contributed by atoms with van der Waals surface area (Å²) in [4.78, 5) is 13.5. The summed E-state index contributed by atoms with van der Waals surface area (Å²) in [5.41, 5.74) is 1.81. The second-order valence-electron chi connectivity index (χ2n) is 3.87. The van der Waals surface area contributed by atoms with Gasteiger partial charge in [-0.3, -0.25) is 9.69 Å². The highest BCUT2D eigenvalue weighted by atomic mass is 16.3. The minimum atomic E-state index is -0.0701. The number of aliphatic hydroxyl groups excluding tert-OH is 1. The summed E-state index contributed by atoms with van der Waals surface area (Å²) in [5.74, 6) is -0.0701. The minimum absolute atomic E-state index is 0.0701. The Kier molecular flexibility index (Phi) is 5.66. The average molecular weight is 236 g/mol. The Balaban J connectivity index is 2.64. The summed E-state index contributed by atoms with van der Waals surface area (Å²) in [5, 5.41) is 11.5. The molecule has 1 aromatic rings. The van der Waals surface area contributed by atoms with Gasteiger partial charge in [-0.2, -0.15) is 0 Å². The number of carbonyl (C=O) groups is 1. The Hall–Kier alpha value is -1.39. The van der Waals surface area contributed by atoms with Crippen molar-refractivity contribution >= 4 is 5.91 Å². The van der Waals surface area contributed by atoms with Gasteiger partial charge in [0.05, 0.1) is 6.61 Å². The van der Waals surface area contributed by atoms with Crippen LogP contribution in [0.3, 0.4) is 0 Å². The Bertz CT molecular complexity index is 349. The summed E-state index contributed by atoms with van der Waals surface area (Å²) in [7, 11) is 1.62. The number of hydrogen-bond donors (Lipinski definition) is 2. The molecule has 0 unspecified atom stereocenters. The predicted octanol–water partition coefficient (Wildman–Crippen LogP) is 0.860. The number of rotatable bonds is 6. The number of aliphatic hydroxyl groups is 1. The minimum Gasteiger partial charge on any atom is -0.395 e. The summed E-state index contributed by atoms with van der Waals surface area (Å²) in [6.07, 6.45) is 0. The summed E-state index contributed by atoms with van der Waals surface area (Å²) < 4.78 is 0. The van der Waals surface area contributed by atoms with Gasteiger partial charge in [-0.15, -0.1) is 0 Å².